The Kier molecular flexibility index (Phi) is 3.87. The topological polar surface area (TPSA) is 53.9 Å². The molecule has 0 spiro atoms. The summed E-state index contributed by atoms with van der Waals surface area (Å²) in [4.78, 5) is 6.43. The van der Waals surface area contributed by atoms with Gasteiger partial charge in [0, 0.05) is 25.8 Å². The summed E-state index contributed by atoms with van der Waals surface area (Å²) < 4.78 is 0. The Labute approximate surface area is 119 Å². The van der Waals surface area contributed by atoms with Crippen LogP contribution in [0.1, 0.15) is 12.8 Å². The Morgan fingerprint density at radius 2 is 2.15 bits per heavy atom. The van der Waals surface area contributed by atoms with Gasteiger partial charge in [-0.2, -0.15) is 0 Å². The lowest BCUT2D eigenvalue weighted by atomic mass is 10.2. The molecule has 0 aliphatic carbocycles. The molecule has 5 nitrogen and oxygen atoms in total. The van der Waals surface area contributed by atoms with Crippen molar-refractivity contribution in [1.82, 2.24) is 20.5 Å². The molecule has 1 atom stereocenters. The molecule has 3 rings (SSSR count). The van der Waals surface area contributed by atoms with Crippen molar-refractivity contribution in [2.75, 3.05) is 25.0 Å². The molecular weight excluding hydrogens is 250 g/mol. The number of hydrogen-bond acceptors (Lipinski definition) is 5. The van der Waals surface area contributed by atoms with Crippen LogP contribution in [0, 0.1) is 0 Å². The Hall–Kier alpha value is -2.01. The van der Waals surface area contributed by atoms with Crippen LogP contribution in [0.3, 0.4) is 0 Å². The molecule has 1 aliphatic rings. The van der Waals surface area contributed by atoms with E-state index in [1.54, 1.807) is 6.20 Å². The molecular formula is C15H19N5. The van der Waals surface area contributed by atoms with E-state index in [4.69, 9.17) is 0 Å². The van der Waals surface area contributed by atoms with Crippen LogP contribution in [0.2, 0.25) is 0 Å². The van der Waals surface area contributed by atoms with E-state index >= 15 is 0 Å². The van der Waals surface area contributed by atoms with Gasteiger partial charge in [0.1, 0.15) is 5.69 Å². The molecule has 2 aromatic rings. The van der Waals surface area contributed by atoms with Crippen molar-refractivity contribution in [3.05, 3.63) is 36.5 Å². The fourth-order valence-electron chi connectivity index (χ4n) is 2.52. The summed E-state index contributed by atoms with van der Waals surface area (Å²) in [7, 11) is 2.06. The number of nitrogens with one attached hydrogen (secondary N) is 1. The lowest BCUT2D eigenvalue weighted by molar-refractivity contribution is 0.596. The highest BCUT2D eigenvalue weighted by molar-refractivity contribution is 5.54. The molecule has 2 aromatic heterocycles. The molecule has 1 saturated heterocycles. The largest absolute Gasteiger partial charge is 0.357 e. The first kappa shape index (κ1) is 13.0. The third kappa shape index (κ3) is 2.93. The predicted molar refractivity (Wildman–Crippen MR) is 79.6 cm³/mol. The predicted octanol–water partition coefficient (Wildman–Crippen LogP) is 1.73. The molecule has 0 bridgehead atoms. The first-order valence-corrected chi connectivity index (χ1v) is 7.02. The van der Waals surface area contributed by atoms with Crippen molar-refractivity contribution < 1.29 is 0 Å². The first-order chi connectivity index (χ1) is 9.83. The van der Waals surface area contributed by atoms with Crippen molar-refractivity contribution >= 4 is 5.82 Å². The number of likely N-dealkylation sites (N-methyl/N-ethyl adjacent to an activating group) is 1. The van der Waals surface area contributed by atoms with Crippen LogP contribution in [-0.4, -0.2) is 41.4 Å². The molecule has 0 saturated carbocycles. The molecule has 0 radical (unpaired) electrons. The van der Waals surface area contributed by atoms with Crippen LogP contribution in [-0.2, 0) is 0 Å². The Morgan fingerprint density at radius 1 is 1.20 bits per heavy atom. The van der Waals surface area contributed by atoms with Crippen molar-refractivity contribution in [2.45, 2.75) is 18.9 Å². The number of hydrogen-bond donors (Lipinski definition) is 1. The van der Waals surface area contributed by atoms with Crippen LogP contribution < -0.4 is 10.2 Å². The molecule has 0 aromatic carbocycles. The van der Waals surface area contributed by atoms with E-state index in [9.17, 15) is 0 Å². The quantitative estimate of drug-likeness (QED) is 0.916. The zero-order valence-corrected chi connectivity index (χ0v) is 11.7. The summed E-state index contributed by atoms with van der Waals surface area (Å²) in [6.45, 7) is 2.10. The highest BCUT2D eigenvalue weighted by atomic mass is 15.3. The summed E-state index contributed by atoms with van der Waals surface area (Å²) in [5.41, 5.74) is 1.66. The fraction of sp³-hybridized carbons (Fsp3) is 0.400. The van der Waals surface area contributed by atoms with Crippen LogP contribution >= 0.6 is 0 Å². The summed E-state index contributed by atoms with van der Waals surface area (Å²) in [5.74, 6) is 0.901. The van der Waals surface area contributed by atoms with Gasteiger partial charge in [-0.25, -0.2) is 0 Å². The van der Waals surface area contributed by atoms with Gasteiger partial charge in [-0.05, 0) is 43.7 Å². The maximum atomic E-state index is 4.31. The molecule has 1 N–H and O–H groups in total. The zero-order chi connectivity index (χ0) is 13.8. The summed E-state index contributed by atoms with van der Waals surface area (Å²) in [6.07, 6.45) is 4.27. The zero-order valence-electron chi connectivity index (χ0n) is 11.7. The molecule has 1 fully saturated rings. The maximum absolute atomic E-state index is 4.31. The van der Waals surface area contributed by atoms with E-state index in [-0.39, 0.29) is 0 Å². The summed E-state index contributed by atoms with van der Waals surface area (Å²) >= 11 is 0. The lowest BCUT2D eigenvalue weighted by Crippen LogP contribution is -2.35. The minimum absolute atomic E-state index is 0.567. The van der Waals surface area contributed by atoms with E-state index in [0.29, 0.717) is 6.04 Å². The maximum Gasteiger partial charge on any atom is 0.151 e. The van der Waals surface area contributed by atoms with Gasteiger partial charge in [-0.1, -0.05) is 6.07 Å². The third-order valence-corrected chi connectivity index (χ3v) is 3.63. The highest BCUT2D eigenvalue weighted by Gasteiger charge is 2.16. The van der Waals surface area contributed by atoms with Gasteiger partial charge >= 0.3 is 0 Å². The second-order valence-corrected chi connectivity index (χ2v) is 5.17. The fourth-order valence-corrected chi connectivity index (χ4v) is 2.52. The van der Waals surface area contributed by atoms with E-state index in [1.165, 1.54) is 12.8 Å². The van der Waals surface area contributed by atoms with E-state index in [0.717, 1.165) is 30.3 Å². The number of aromatic nitrogens is 3. The van der Waals surface area contributed by atoms with Crippen LogP contribution in [0.5, 0.6) is 0 Å². The van der Waals surface area contributed by atoms with Gasteiger partial charge in [-0.15, -0.1) is 10.2 Å². The Morgan fingerprint density at radius 3 is 2.80 bits per heavy atom. The smallest absolute Gasteiger partial charge is 0.151 e. The van der Waals surface area contributed by atoms with Crippen molar-refractivity contribution in [2.24, 2.45) is 0 Å². The van der Waals surface area contributed by atoms with Crippen LogP contribution in [0.4, 0.5) is 5.82 Å². The van der Waals surface area contributed by atoms with Gasteiger partial charge in [0.05, 0.1) is 5.69 Å². The number of rotatable bonds is 4. The Balaban J connectivity index is 1.69. The molecule has 1 unspecified atom stereocenters. The van der Waals surface area contributed by atoms with Gasteiger partial charge in [0.25, 0.3) is 0 Å². The minimum atomic E-state index is 0.567. The number of anilines is 1. The second-order valence-electron chi connectivity index (χ2n) is 5.17. The van der Waals surface area contributed by atoms with E-state index < -0.39 is 0 Å². The Bertz CT molecular complexity index is 534. The average Bonchev–Trinajstić information content (AvgIpc) is 3.01. The van der Waals surface area contributed by atoms with Gasteiger partial charge < -0.3 is 10.2 Å². The van der Waals surface area contributed by atoms with Crippen molar-refractivity contribution in [3.8, 4) is 11.4 Å². The first-order valence-electron chi connectivity index (χ1n) is 7.02. The molecule has 5 heteroatoms. The highest BCUT2D eigenvalue weighted by Crippen LogP contribution is 2.16. The van der Waals surface area contributed by atoms with E-state index in [2.05, 4.69) is 32.4 Å². The average molecular weight is 269 g/mol. The normalized spacial score (nSPS) is 18.1. The van der Waals surface area contributed by atoms with Gasteiger partial charge in [0.2, 0.25) is 0 Å². The van der Waals surface area contributed by atoms with E-state index in [1.807, 2.05) is 30.3 Å². The molecule has 104 valence electrons. The number of pyridine rings is 1. The minimum Gasteiger partial charge on any atom is -0.357 e. The van der Waals surface area contributed by atoms with Gasteiger partial charge in [-0.3, -0.25) is 4.98 Å². The van der Waals surface area contributed by atoms with Crippen LogP contribution in [0.25, 0.3) is 11.4 Å². The van der Waals surface area contributed by atoms with Gasteiger partial charge in [0.15, 0.2) is 5.82 Å². The molecule has 20 heavy (non-hydrogen) atoms. The second kappa shape index (κ2) is 5.96. The molecule has 3 heterocycles. The third-order valence-electron chi connectivity index (χ3n) is 3.63. The molecule has 1 aliphatic heterocycles. The summed E-state index contributed by atoms with van der Waals surface area (Å²) in [6, 6.07) is 10.3. The number of nitrogens with zero attached hydrogens (tertiary/aromatic N) is 4. The lowest BCUT2D eigenvalue weighted by Gasteiger charge is -2.21. The molecule has 0 amide bonds. The standard InChI is InChI=1S/C15H19N5/c1-20(11-12-5-4-10-16-12)15-8-7-14(18-19-15)13-6-2-3-9-17-13/h2-3,6-9,12,16H,4-5,10-11H2,1H3. The van der Waals surface area contributed by atoms with Crippen molar-refractivity contribution in [3.63, 3.8) is 0 Å². The SMILES string of the molecule is CN(CC1CCCN1)c1ccc(-c2ccccn2)nn1. The van der Waals surface area contributed by atoms with Crippen molar-refractivity contribution in [1.29, 1.82) is 0 Å². The summed E-state index contributed by atoms with van der Waals surface area (Å²) in [5, 5.41) is 12.1. The monoisotopic (exact) mass is 269 g/mol. The van der Waals surface area contributed by atoms with Crippen LogP contribution in [0.15, 0.2) is 36.5 Å².